The quantitative estimate of drug-likeness (QED) is 0.872. The van der Waals surface area contributed by atoms with Crippen LogP contribution in [0.2, 0.25) is 5.02 Å². The molecule has 0 saturated heterocycles. The van der Waals surface area contributed by atoms with Crippen molar-refractivity contribution in [3.8, 4) is 11.3 Å². The van der Waals surface area contributed by atoms with E-state index in [0.717, 1.165) is 11.1 Å². The van der Waals surface area contributed by atoms with Crippen LogP contribution in [0, 0.1) is 6.92 Å². The van der Waals surface area contributed by atoms with Gasteiger partial charge in [0, 0.05) is 16.7 Å². The van der Waals surface area contributed by atoms with Gasteiger partial charge in [-0.1, -0.05) is 28.9 Å². The summed E-state index contributed by atoms with van der Waals surface area (Å²) in [6, 6.07) is 6.74. The standard InChI is InChI=1S/C11H8ClNO3/c1-6-2-3-7(4-8(6)12)9-5-10(11(14)15)16-13-9/h2-5H,1H3,(H,14,15). The third kappa shape index (κ3) is 1.92. The van der Waals surface area contributed by atoms with Gasteiger partial charge in [-0.15, -0.1) is 0 Å². The van der Waals surface area contributed by atoms with Gasteiger partial charge in [0.1, 0.15) is 5.69 Å². The number of rotatable bonds is 2. The Kier molecular flexibility index (Phi) is 2.66. The minimum atomic E-state index is -1.14. The van der Waals surface area contributed by atoms with E-state index in [1.54, 1.807) is 6.07 Å². The SMILES string of the molecule is Cc1ccc(-c2cc(C(=O)O)on2)cc1Cl. The van der Waals surface area contributed by atoms with E-state index in [1.807, 2.05) is 19.1 Å². The van der Waals surface area contributed by atoms with Crippen molar-refractivity contribution < 1.29 is 14.4 Å². The molecule has 82 valence electrons. The van der Waals surface area contributed by atoms with Gasteiger partial charge in [-0.05, 0) is 18.6 Å². The van der Waals surface area contributed by atoms with Crippen LogP contribution < -0.4 is 0 Å². The lowest BCUT2D eigenvalue weighted by atomic mass is 10.1. The van der Waals surface area contributed by atoms with E-state index in [4.69, 9.17) is 16.7 Å². The number of aromatic carboxylic acids is 1. The van der Waals surface area contributed by atoms with Crippen LogP contribution in [0.25, 0.3) is 11.3 Å². The Morgan fingerprint density at radius 1 is 1.44 bits per heavy atom. The number of carboxylic acid groups (broad SMARTS) is 1. The molecule has 2 rings (SSSR count). The smallest absolute Gasteiger partial charge is 0.374 e. The first-order valence-corrected chi connectivity index (χ1v) is 4.92. The summed E-state index contributed by atoms with van der Waals surface area (Å²) < 4.78 is 4.66. The topological polar surface area (TPSA) is 63.3 Å². The molecule has 0 aliphatic carbocycles. The molecule has 1 aromatic carbocycles. The number of hydrogen-bond donors (Lipinski definition) is 1. The monoisotopic (exact) mass is 237 g/mol. The van der Waals surface area contributed by atoms with Crippen LogP contribution in [-0.4, -0.2) is 16.2 Å². The van der Waals surface area contributed by atoms with Crippen molar-refractivity contribution in [2.45, 2.75) is 6.92 Å². The Morgan fingerprint density at radius 2 is 2.19 bits per heavy atom. The predicted octanol–water partition coefficient (Wildman–Crippen LogP) is 3.00. The largest absolute Gasteiger partial charge is 0.475 e. The Hall–Kier alpha value is -1.81. The van der Waals surface area contributed by atoms with Gasteiger partial charge in [0.25, 0.3) is 0 Å². The number of benzene rings is 1. The average molecular weight is 238 g/mol. The van der Waals surface area contributed by atoms with Crippen molar-refractivity contribution >= 4 is 17.6 Å². The van der Waals surface area contributed by atoms with Crippen molar-refractivity contribution in [3.05, 3.63) is 40.6 Å². The van der Waals surface area contributed by atoms with E-state index in [2.05, 4.69) is 9.68 Å². The van der Waals surface area contributed by atoms with Gasteiger partial charge >= 0.3 is 5.97 Å². The first-order chi connectivity index (χ1) is 7.58. The van der Waals surface area contributed by atoms with Crippen LogP contribution in [0.1, 0.15) is 16.1 Å². The second-order valence-corrected chi connectivity index (χ2v) is 3.75. The van der Waals surface area contributed by atoms with Crippen LogP contribution in [0.5, 0.6) is 0 Å². The number of carbonyl (C=O) groups is 1. The Balaban J connectivity index is 2.42. The summed E-state index contributed by atoms with van der Waals surface area (Å²) in [5.41, 5.74) is 2.14. The molecule has 0 atom stereocenters. The zero-order valence-electron chi connectivity index (χ0n) is 8.40. The van der Waals surface area contributed by atoms with E-state index in [-0.39, 0.29) is 5.76 Å². The van der Waals surface area contributed by atoms with Gasteiger partial charge in [-0.3, -0.25) is 0 Å². The highest BCUT2D eigenvalue weighted by molar-refractivity contribution is 6.31. The molecular weight excluding hydrogens is 230 g/mol. The molecule has 0 aliphatic heterocycles. The van der Waals surface area contributed by atoms with E-state index in [0.29, 0.717) is 10.7 Å². The highest BCUT2D eigenvalue weighted by atomic mass is 35.5. The summed E-state index contributed by atoms with van der Waals surface area (Å²) in [6.45, 7) is 1.89. The van der Waals surface area contributed by atoms with Gasteiger partial charge in [-0.25, -0.2) is 4.79 Å². The third-order valence-electron chi connectivity index (χ3n) is 2.19. The summed E-state index contributed by atoms with van der Waals surface area (Å²) in [6.07, 6.45) is 0. The lowest BCUT2D eigenvalue weighted by Crippen LogP contribution is -1.91. The molecule has 1 N–H and O–H groups in total. The second-order valence-electron chi connectivity index (χ2n) is 3.35. The molecule has 1 aromatic heterocycles. The molecule has 4 nitrogen and oxygen atoms in total. The highest BCUT2D eigenvalue weighted by Crippen LogP contribution is 2.24. The highest BCUT2D eigenvalue weighted by Gasteiger charge is 2.12. The molecule has 0 fully saturated rings. The second kappa shape index (κ2) is 3.98. The van der Waals surface area contributed by atoms with Gasteiger partial charge in [-0.2, -0.15) is 0 Å². The van der Waals surface area contributed by atoms with E-state index in [9.17, 15) is 4.79 Å². The minimum Gasteiger partial charge on any atom is -0.475 e. The molecule has 0 amide bonds. The summed E-state index contributed by atoms with van der Waals surface area (Å²) >= 11 is 5.96. The maximum Gasteiger partial charge on any atom is 0.374 e. The molecule has 5 heteroatoms. The zero-order valence-corrected chi connectivity index (χ0v) is 9.15. The first kappa shape index (κ1) is 10.7. The summed E-state index contributed by atoms with van der Waals surface area (Å²) in [4.78, 5) is 10.6. The molecule has 2 aromatic rings. The van der Waals surface area contributed by atoms with Crippen LogP contribution >= 0.6 is 11.6 Å². The number of halogens is 1. The number of hydrogen-bond acceptors (Lipinski definition) is 3. The molecule has 0 bridgehead atoms. The zero-order chi connectivity index (χ0) is 11.7. The molecule has 0 radical (unpaired) electrons. The normalized spacial score (nSPS) is 10.4. The van der Waals surface area contributed by atoms with Crippen LogP contribution in [-0.2, 0) is 0 Å². The molecule has 0 spiro atoms. The first-order valence-electron chi connectivity index (χ1n) is 4.54. The van der Waals surface area contributed by atoms with E-state index < -0.39 is 5.97 Å². The number of carboxylic acids is 1. The van der Waals surface area contributed by atoms with Gasteiger partial charge in [0.05, 0.1) is 0 Å². The fourth-order valence-electron chi connectivity index (χ4n) is 1.26. The lowest BCUT2D eigenvalue weighted by Gasteiger charge is -1.99. The molecule has 0 saturated carbocycles. The van der Waals surface area contributed by atoms with Crippen LogP contribution in [0.15, 0.2) is 28.8 Å². The molecule has 1 heterocycles. The molecular formula is C11H8ClNO3. The molecule has 0 unspecified atom stereocenters. The number of aryl methyl sites for hydroxylation is 1. The number of nitrogens with zero attached hydrogens (tertiary/aromatic N) is 1. The average Bonchev–Trinajstić information content (AvgIpc) is 2.71. The molecule has 16 heavy (non-hydrogen) atoms. The van der Waals surface area contributed by atoms with Crippen LogP contribution in [0.3, 0.4) is 0 Å². The Labute approximate surface area is 96.4 Å². The van der Waals surface area contributed by atoms with Gasteiger partial charge in [0.15, 0.2) is 0 Å². The summed E-state index contributed by atoms with van der Waals surface area (Å²) in [5, 5.41) is 13.0. The van der Waals surface area contributed by atoms with Crippen molar-refractivity contribution in [1.29, 1.82) is 0 Å². The third-order valence-corrected chi connectivity index (χ3v) is 2.60. The lowest BCUT2D eigenvalue weighted by molar-refractivity contribution is 0.0652. The molecule has 0 aliphatic rings. The van der Waals surface area contributed by atoms with Crippen molar-refractivity contribution in [3.63, 3.8) is 0 Å². The number of aromatic nitrogens is 1. The Morgan fingerprint density at radius 3 is 2.75 bits per heavy atom. The predicted molar refractivity (Wildman–Crippen MR) is 58.6 cm³/mol. The maximum atomic E-state index is 10.6. The summed E-state index contributed by atoms with van der Waals surface area (Å²) in [5.74, 6) is -1.33. The fourth-order valence-corrected chi connectivity index (χ4v) is 1.44. The maximum absolute atomic E-state index is 10.6. The minimum absolute atomic E-state index is 0.188. The Bertz CT molecular complexity index is 548. The van der Waals surface area contributed by atoms with Gasteiger partial charge < -0.3 is 9.63 Å². The van der Waals surface area contributed by atoms with Crippen molar-refractivity contribution in [2.24, 2.45) is 0 Å². The van der Waals surface area contributed by atoms with E-state index in [1.165, 1.54) is 6.07 Å². The fraction of sp³-hybridized carbons (Fsp3) is 0.0909. The van der Waals surface area contributed by atoms with Gasteiger partial charge in [0.2, 0.25) is 5.76 Å². The van der Waals surface area contributed by atoms with Crippen molar-refractivity contribution in [2.75, 3.05) is 0 Å². The van der Waals surface area contributed by atoms with E-state index >= 15 is 0 Å². The van der Waals surface area contributed by atoms with Crippen LogP contribution in [0.4, 0.5) is 0 Å². The van der Waals surface area contributed by atoms with Crippen molar-refractivity contribution in [1.82, 2.24) is 5.16 Å². The summed E-state index contributed by atoms with van der Waals surface area (Å²) in [7, 11) is 0.